The molecule has 0 spiro atoms. The van der Waals surface area contributed by atoms with Gasteiger partial charge >= 0.3 is 13.8 Å². The summed E-state index contributed by atoms with van der Waals surface area (Å²) in [6.45, 7) is 2.24. The van der Waals surface area contributed by atoms with E-state index in [4.69, 9.17) is 25.2 Å². The van der Waals surface area contributed by atoms with Crippen molar-refractivity contribution in [3.8, 4) is 0 Å². The summed E-state index contributed by atoms with van der Waals surface area (Å²) in [5.74, 6) is -1.03. The van der Waals surface area contributed by atoms with Crippen LogP contribution in [0.1, 0.15) is 116 Å². The SMILES string of the molecule is CCCCCCCCCCCCCCCCC(N)C(CCC(=O)O)OP(=O)(O)O. The van der Waals surface area contributed by atoms with Gasteiger partial charge in [0.05, 0.1) is 6.10 Å². The zero-order valence-corrected chi connectivity index (χ0v) is 19.2. The third kappa shape index (κ3) is 20.6. The minimum absolute atomic E-state index is 0.000212. The summed E-state index contributed by atoms with van der Waals surface area (Å²) in [5, 5.41) is 8.76. The second-order valence-corrected chi connectivity index (χ2v) is 9.31. The first-order valence-corrected chi connectivity index (χ1v) is 13.0. The lowest BCUT2D eigenvalue weighted by atomic mass is 9.99. The molecule has 0 amide bonds. The smallest absolute Gasteiger partial charge is 0.469 e. The Morgan fingerprint density at radius 2 is 1.24 bits per heavy atom. The van der Waals surface area contributed by atoms with E-state index in [-0.39, 0.29) is 12.8 Å². The van der Waals surface area contributed by atoms with Crippen LogP contribution in [0, 0.1) is 0 Å². The maximum Gasteiger partial charge on any atom is 0.469 e. The Bertz CT molecular complexity index is 443. The third-order valence-corrected chi connectivity index (χ3v) is 5.83. The summed E-state index contributed by atoms with van der Waals surface area (Å²) in [7, 11) is -4.68. The Morgan fingerprint density at radius 1 is 0.828 bits per heavy atom. The number of nitrogens with two attached hydrogens (primary N) is 1. The van der Waals surface area contributed by atoms with Crippen LogP contribution < -0.4 is 5.73 Å². The van der Waals surface area contributed by atoms with Gasteiger partial charge in [-0.1, -0.05) is 96.8 Å². The lowest BCUT2D eigenvalue weighted by molar-refractivity contribution is -0.137. The van der Waals surface area contributed by atoms with Gasteiger partial charge in [-0.3, -0.25) is 9.32 Å². The molecule has 0 saturated heterocycles. The van der Waals surface area contributed by atoms with E-state index in [0.717, 1.165) is 19.3 Å². The van der Waals surface area contributed by atoms with E-state index in [0.29, 0.717) is 6.42 Å². The predicted octanol–water partition coefficient (Wildman–Crippen LogP) is 5.53. The Labute approximate surface area is 177 Å². The maximum atomic E-state index is 11.1. The molecule has 0 aromatic heterocycles. The van der Waals surface area contributed by atoms with Crippen molar-refractivity contribution in [3.05, 3.63) is 0 Å². The number of carboxylic acid groups (broad SMARTS) is 1. The molecule has 0 radical (unpaired) electrons. The van der Waals surface area contributed by atoms with Gasteiger partial charge in [0.1, 0.15) is 0 Å². The lowest BCUT2D eigenvalue weighted by Gasteiger charge is -2.24. The molecule has 0 rings (SSSR count). The predicted molar refractivity (Wildman–Crippen MR) is 117 cm³/mol. The molecule has 0 aliphatic heterocycles. The van der Waals surface area contributed by atoms with Crippen LogP contribution in [0.25, 0.3) is 0 Å². The molecule has 8 heteroatoms. The number of unbranched alkanes of at least 4 members (excludes halogenated alkanes) is 13. The van der Waals surface area contributed by atoms with Crippen molar-refractivity contribution in [2.24, 2.45) is 5.73 Å². The Balaban J connectivity index is 3.68. The van der Waals surface area contributed by atoms with Gasteiger partial charge in [-0.25, -0.2) is 4.57 Å². The van der Waals surface area contributed by atoms with E-state index < -0.39 is 25.9 Å². The Kier molecular flexibility index (Phi) is 18.0. The third-order valence-electron chi connectivity index (χ3n) is 5.28. The summed E-state index contributed by atoms with van der Waals surface area (Å²) in [6.07, 6.45) is 17.0. The number of phosphoric acid groups is 1. The molecule has 7 nitrogen and oxygen atoms in total. The normalized spacial score (nSPS) is 14.1. The van der Waals surface area contributed by atoms with E-state index in [1.165, 1.54) is 70.6 Å². The molecule has 2 atom stereocenters. The van der Waals surface area contributed by atoms with Crippen LogP contribution in [0.4, 0.5) is 0 Å². The van der Waals surface area contributed by atoms with E-state index in [1.807, 2.05) is 0 Å². The molecule has 0 aromatic carbocycles. The highest BCUT2D eigenvalue weighted by molar-refractivity contribution is 7.46. The highest BCUT2D eigenvalue weighted by atomic mass is 31.2. The first-order valence-electron chi connectivity index (χ1n) is 11.5. The number of carboxylic acids is 1. The van der Waals surface area contributed by atoms with Gasteiger partial charge in [0.15, 0.2) is 0 Å². The number of aliphatic carboxylic acids is 1. The van der Waals surface area contributed by atoms with Gasteiger partial charge in [-0.15, -0.1) is 0 Å². The average Bonchev–Trinajstić information content (AvgIpc) is 2.64. The van der Waals surface area contributed by atoms with E-state index in [1.54, 1.807) is 0 Å². The number of hydrogen-bond donors (Lipinski definition) is 4. The van der Waals surface area contributed by atoms with Gasteiger partial charge < -0.3 is 20.6 Å². The van der Waals surface area contributed by atoms with Crippen molar-refractivity contribution in [2.45, 2.75) is 128 Å². The highest BCUT2D eigenvalue weighted by Crippen LogP contribution is 2.39. The summed E-state index contributed by atoms with van der Waals surface area (Å²) in [4.78, 5) is 28.7. The summed E-state index contributed by atoms with van der Waals surface area (Å²) >= 11 is 0. The van der Waals surface area contributed by atoms with Crippen molar-refractivity contribution < 1.29 is 28.8 Å². The van der Waals surface area contributed by atoms with E-state index in [2.05, 4.69) is 6.92 Å². The average molecular weight is 438 g/mol. The van der Waals surface area contributed by atoms with Crippen LogP contribution in [0.5, 0.6) is 0 Å². The largest absolute Gasteiger partial charge is 0.481 e. The molecule has 174 valence electrons. The summed E-state index contributed by atoms with van der Waals surface area (Å²) < 4.78 is 15.8. The zero-order chi connectivity index (χ0) is 22.0. The van der Waals surface area contributed by atoms with Gasteiger partial charge in [0, 0.05) is 12.5 Å². The van der Waals surface area contributed by atoms with Gasteiger partial charge in [0.2, 0.25) is 0 Å². The Morgan fingerprint density at radius 3 is 1.62 bits per heavy atom. The van der Waals surface area contributed by atoms with Crippen LogP contribution in [0.3, 0.4) is 0 Å². The Hall–Kier alpha value is -0.460. The minimum atomic E-state index is -4.68. The van der Waals surface area contributed by atoms with Crippen LogP contribution >= 0.6 is 7.82 Å². The molecule has 0 aromatic rings. The summed E-state index contributed by atoms with van der Waals surface area (Å²) in [5.41, 5.74) is 6.00. The van der Waals surface area contributed by atoms with Crippen LogP contribution in [-0.2, 0) is 13.9 Å². The molecule has 0 aliphatic rings. The molecule has 2 unspecified atom stereocenters. The van der Waals surface area contributed by atoms with Crippen molar-refractivity contribution >= 4 is 13.8 Å². The fraction of sp³-hybridized carbons (Fsp3) is 0.952. The first-order chi connectivity index (χ1) is 13.8. The van der Waals surface area contributed by atoms with Crippen LogP contribution in [0.2, 0.25) is 0 Å². The fourth-order valence-electron chi connectivity index (χ4n) is 3.55. The number of hydrogen-bond acceptors (Lipinski definition) is 4. The van der Waals surface area contributed by atoms with Crippen molar-refractivity contribution in [1.82, 2.24) is 0 Å². The number of carbonyl (C=O) groups is 1. The second kappa shape index (κ2) is 18.3. The fourth-order valence-corrected chi connectivity index (χ4v) is 4.16. The molecule has 5 N–H and O–H groups in total. The molecular weight excluding hydrogens is 393 g/mol. The molecule has 0 heterocycles. The summed E-state index contributed by atoms with van der Waals surface area (Å²) in [6, 6.07) is -0.570. The minimum Gasteiger partial charge on any atom is -0.481 e. The number of phosphoric ester groups is 1. The molecular formula is C21H44NO6P. The van der Waals surface area contributed by atoms with Gasteiger partial charge in [-0.05, 0) is 12.8 Å². The number of rotatable bonds is 21. The van der Waals surface area contributed by atoms with E-state index >= 15 is 0 Å². The van der Waals surface area contributed by atoms with Crippen molar-refractivity contribution in [3.63, 3.8) is 0 Å². The van der Waals surface area contributed by atoms with Crippen molar-refractivity contribution in [1.29, 1.82) is 0 Å². The first kappa shape index (κ1) is 28.5. The topological polar surface area (TPSA) is 130 Å². The maximum absolute atomic E-state index is 11.1. The molecule has 29 heavy (non-hydrogen) atoms. The molecule has 0 saturated carbocycles. The molecule has 0 aliphatic carbocycles. The van der Waals surface area contributed by atoms with E-state index in [9.17, 15) is 9.36 Å². The zero-order valence-electron chi connectivity index (χ0n) is 18.3. The quantitative estimate of drug-likeness (QED) is 0.137. The second-order valence-electron chi connectivity index (χ2n) is 8.12. The van der Waals surface area contributed by atoms with Crippen LogP contribution in [-0.4, -0.2) is 33.0 Å². The van der Waals surface area contributed by atoms with Crippen molar-refractivity contribution in [2.75, 3.05) is 0 Å². The highest BCUT2D eigenvalue weighted by Gasteiger charge is 2.27. The van der Waals surface area contributed by atoms with Crippen LogP contribution in [0.15, 0.2) is 0 Å². The molecule has 0 bridgehead atoms. The van der Waals surface area contributed by atoms with Gasteiger partial charge in [0.25, 0.3) is 0 Å². The molecule has 0 fully saturated rings. The van der Waals surface area contributed by atoms with Gasteiger partial charge in [-0.2, -0.15) is 0 Å². The lowest BCUT2D eigenvalue weighted by Crippen LogP contribution is -2.36. The monoisotopic (exact) mass is 437 g/mol. The standard InChI is InChI=1S/C21H44NO6P/c1-2-3-4-5-6-7-8-9-10-11-12-13-14-15-16-19(22)20(17-18-21(23)24)28-29(25,26)27/h19-20H,2-18,22H2,1H3,(H,23,24)(H2,25,26,27).